The van der Waals surface area contributed by atoms with Crippen LogP contribution in [0.5, 0.6) is 0 Å². The van der Waals surface area contributed by atoms with Gasteiger partial charge in [0.25, 0.3) is 5.56 Å². The number of aromatic nitrogens is 2. The van der Waals surface area contributed by atoms with Gasteiger partial charge in [-0.1, -0.05) is 83.9 Å². The molecule has 5 nitrogen and oxygen atoms in total. The highest BCUT2D eigenvalue weighted by atomic mass is 35.5. The van der Waals surface area contributed by atoms with Crippen molar-refractivity contribution in [3.8, 4) is 11.3 Å². The van der Waals surface area contributed by atoms with Crippen LogP contribution in [0.15, 0.2) is 65.5 Å². The third-order valence-corrected chi connectivity index (χ3v) is 4.27. The number of hydrogen-bond acceptors (Lipinski definition) is 3. The van der Waals surface area contributed by atoms with E-state index in [1.54, 1.807) is 12.1 Å². The molecule has 0 unspecified atom stereocenters. The van der Waals surface area contributed by atoms with Gasteiger partial charge < -0.3 is 5.32 Å². The second-order valence-electron chi connectivity index (χ2n) is 5.56. The van der Waals surface area contributed by atoms with E-state index in [1.165, 1.54) is 4.57 Å². The maximum Gasteiger partial charge on any atom is 0.289 e. The van der Waals surface area contributed by atoms with E-state index in [1.807, 2.05) is 48.5 Å². The van der Waals surface area contributed by atoms with Crippen molar-refractivity contribution in [3.63, 3.8) is 0 Å². The lowest BCUT2D eigenvalue weighted by Gasteiger charge is -2.14. The summed E-state index contributed by atoms with van der Waals surface area (Å²) in [7, 11) is 0. The molecule has 0 atom stereocenters. The third kappa shape index (κ3) is 4.12. The number of rotatable bonds is 5. The summed E-state index contributed by atoms with van der Waals surface area (Å²) in [6.07, 6.45) is 0. The molecule has 0 aliphatic heterocycles. The van der Waals surface area contributed by atoms with Crippen LogP contribution in [0.3, 0.4) is 0 Å². The van der Waals surface area contributed by atoms with E-state index in [0.29, 0.717) is 17.8 Å². The fourth-order valence-electron chi connectivity index (χ4n) is 2.53. The molecule has 1 amide bonds. The Hall–Kier alpha value is -2.63. The van der Waals surface area contributed by atoms with Crippen LogP contribution in [0.4, 0.5) is 0 Å². The van der Waals surface area contributed by atoms with Gasteiger partial charge in [-0.2, -0.15) is 0 Å². The molecule has 3 rings (SSSR count). The van der Waals surface area contributed by atoms with Crippen molar-refractivity contribution in [2.75, 3.05) is 0 Å². The quantitative estimate of drug-likeness (QED) is 0.727. The Morgan fingerprint density at radius 2 is 1.58 bits per heavy atom. The van der Waals surface area contributed by atoms with Crippen molar-refractivity contribution in [2.24, 2.45) is 0 Å². The van der Waals surface area contributed by atoms with Gasteiger partial charge in [0, 0.05) is 12.1 Å². The van der Waals surface area contributed by atoms with Gasteiger partial charge in [0.15, 0.2) is 10.3 Å². The lowest BCUT2D eigenvalue weighted by atomic mass is 10.1. The Bertz CT molecular complexity index is 973. The van der Waals surface area contributed by atoms with Gasteiger partial charge in [0.2, 0.25) is 5.91 Å². The summed E-state index contributed by atoms with van der Waals surface area (Å²) in [6, 6.07) is 18.5. The predicted molar refractivity (Wildman–Crippen MR) is 102 cm³/mol. The minimum absolute atomic E-state index is 0.0664. The highest BCUT2D eigenvalue weighted by Crippen LogP contribution is 2.25. The van der Waals surface area contributed by atoms with Crippen molar-refractivity contribution in [1.82, 2.24) is 14.9 Å². The van der Waals surface area contributed by atoms with Gasteiger partial charge in [0.05, 0.1) is 5.69 Å². The van der Waals surface area contributed by atoms with Gasteiger partial charge in [-0.3, -0.25) is 14.2 Å². The SMILES string of the molecule is O=C(Cn1c(-c2ccccc2)c(Cl)nc(Cl)c1=O)NCc1ccccc1. The summed E-state index contributed by atoms with van der Waals surface area (Å²) in [5.41, 5.74) is 1.43. The lowest BCUT2D eigenvalue weighted by Crippen LogP contribution is -2.33. The van der Waals surface area contributed by atoms with E-state index in [0.717, 1.165) is 5.56 Å². The Kier molecular flexibility index (Phi) is 5.71. The van der Waals surface area contributed by atoms with Crippen molar-refractivity contribution < 1.29 is 4.79 Å². The highest BCUT2D eigenvalue weighted by molar-refractivity contribution is 6.33. The zero-order chi connectivity index (χ0) is 18.5. The summed E-state index contributed by atoms with van der Waals surface area (Å²) in [5.74, 6) is -0.327. The molecule has 7 heteroatoms. The van der Waals surface area contributed by atoms with Crippen molar-refractivity contribution in [1.29, 1.82) is 0 Å². The summed E-state index contributed by atoms with van der Waals surface area (Å²) in [5, 5.41) is 2.58. The van der Waals surface area contributed by atoms with E-state index in [2.05, 4.69) is 10.3 Å². The largest absolute Gasteiger partial charge is 0.350 e. The van der Waals surface area contributed by atoms with Gasteiger partial charge in [0.1, 0.15) is 6.54 Å². The first-order valence-electron chi connectivity index (χ1n) is 7.88. The highest BCUT2D eigenvalue weighted by Gasteiger charge is 2.18. The van der Waals surface area contributed by atoms with Crippen LogP contribution in [0, 0.1) is 0 Å². The Morgan fingerprint density at radius 3 is 2.23 bits per heavy atom. The number of benzene rings is 2. The predicted octanol–water partition coefficient (Wildman–Crippen LogP) is 3.53. The third-order valence-electron chi connectivity index (χ3n) is 3.76. The molecule has 1 N–H and O–H groups in total. The number of halogens is 2. The van der Waals surface area contributed by atoms with Crippen molar-refractivity contribution in [2.45, 2.75) is 13.1 Å². The Morgan fingerprint density at radius 1 is 0.962 bits per heavy atom. The normalized spacial score (nSPS) is 10.5. The minimum Gasteiger partial charge on any atom is -0.350 e. The zero-order valence-electron chi connectivity index (χ0n) is 13.7. The smallest absolute Gasteiger partial charge is 0.289 e. The molecular weight excluding hydrogens is 373 g/mol. The monoisotopic (exact) mass is 387 g/mol. The van der Waals surface area contributed by atoms with Crippen LogP contribution in [0.2, 0.25) is 10.3 Å². The fourth-order valence-corrected chi connectivity index (χ4v) is 3.05. The molecule has 2 aromatic carbocycles. The standard InChI is InChI=1S/C19H15Cl2N3O2/c20-17-16(14-9-5-2-6-10-14)24(19(26)18(21)23-17)12-15(25)22-11-13-7-3-1-4-8-13/h1-10H,11-12H2,(H,22,25). The van der Waals surface area contributed by atoms with E-state index >= 15 is 0 Å². The van der Waals surface area contributed by atoms with Crippen LogP contribution in [0.25, 0.3) is 11.3 Å². The van der Waals surface area contributed by atoms with Gasteiger partial charge in [-0.15, -0.1) is 0 Å². The first kappa shape index (κ1) is 18.2. The van der Waals surface area contributed by atoms with Crippen molar-refractivity contribution >= 4 is 29.1 Å². The molecule has 0 fully saturated rings. The molecule has 0 radical (unpaired) electrons. The van der Waals surface area contributed by atoms with Crippen molar-refractivity contribution in [3.05, 3.63) is 86.9 Å². The first-order chi connectivity index (χ1) is 12.6. The lowest BCUT2D eigenvalue weighted by molar-refractivity contribution is -0.121. The second kappa shape index (κ2) is 8.17. The summed E-state index contributed by atoms with van der Waals surface area (Å²) < 4.78 is 1.24. The maximum absolute atomic E-state index is 12.5. The van der Waals surface area contributed by atoms with Crippen LogP contribution < -0.4 is 10.9 Å². The first-order valence-corrected chi connectivity index (χ1v) is 8.63. The Balaban J connectivity index is 1.89. The van der Waals surface area contributed by atoms with E-state index in [9.17, 15) is 9.59 Å². The average Bonchev–Trinajstić information content (AvgIpc) is 2.66. The van der Waals surface area contributed by atoms with Crippen LogP contribution >= 0.6 is 23.2 Å². The minimum atomic E-state index is -0.565. The number of carbonyl (C=O) groups is 1. The van der Waals surface area contributed by atoms with Gasteiger partial charge in [-0.25, -0.2) is 4.98 Å². The number of amides is 1. The summed E-state index contributed by atoms with van der Waals surface area (Å²) in [4.78, 5) is 28.7. The summed E-state index contributed by atoms with van der Waals surface area (Å²) in [6.45, 7) is 0.152. The van der Waals surface area contributed by atoms with E-state index in [-0.39, 0.29) is 22.8 Å². The second-order valence-corrected chi connectivity index (χ2v) is 6.28. The van der Waals surface area contributed by atoms with E-state index in [4.69, 9.17) is 23.2 Å². The molecular formula is C19H15Cl2N3O2. The Labute approximate surface area is 160 Å². The molecule has 26 heavy (non-hydrogen) atoms. The molecule has 3 aromatic rings. The molecule has 132 valence electrons. The number of nitrogens with one attached hydrogen (secondary N) is 1. The average molecular weight is 388 g/mol. The molecule has 0 spiro atoms. The topological polar surface area (TPSA) is 64.0 Å². The van der Waals surface area contributed by atoms with E-state index < -0.39 is 5.56 Å². The molecule has 1 aromatic heterocycles. The molecule has 0 aliphatic rings. The number of hydrogen-bond donors (Lipinski definition) is 1. The molecule has 0 saturated carbocycles. The number of carbonyl (C=O) groups excluding carboxylic acids is 1. The fraction of sp³-hybridized carbons (Fsp3) is 0.105. The molecule has 0 aliphatic carbocycles. The number of nitrogens with zero attached hydrogens (tertiary/aromatic N) is 2. The molecule has 0 bridgehead atoms. The summed E-state index contributed by atoms with van der Waals surface area (Å²) >= 11 is 12.1. The van der Waals surface area contributed by atoms with Crippen LogP contribution in [-0.2, 0) is 17.9 Å². The van der Waals surface area contributed by atoms with Gasteiger partial charge in [-0.05, 0) is 5.56 Å². The molecule has 0 saturated heterocycles. The maximum atomic E-state index is 12.5. The van der Waals surface area contributed by atoms with Gasteiger partial charge >= 0.3 is 0 Å². The zero-order valence-corrected chi connectivity index (χ0v) is 15.2. The van der Waals surface area contributed by atoms with Crippen LogP contribution in [-0.4, -0.2) is 15.5 Å². The molecule has 1 heterocycles. The van der Waals surface area contributed by atoms with Crippen LogP contribution in [0.1, 0.15) is 5.56 Å².